The number of nitrogens with two attached hydrogens (primary N) is 1. The molecule has 3 aliphatic carbocycles. The van der Waals surface area contributed by atoms with Crippen molar-refractivity contribution in [1.29, 1.82) is 0 Å². The van der Waals surface area contributed by atoms with E-state index in [1.165, 1.54) is 24.3 Å². The van der Waals surface area contributed by atoms with Gasteiger partial charge in [0.2, 0.25) is 0 Å². The Bertz CT molecular complexity index is 1150. The molecule has 0 unspecified atom stereocenters. The van der Waals surface area contributed by atoms with Crippen molar-refractivity contribution in [2.45, 2.75) is 35.4 Å². The molecule has 164 valence electrons. The van der Waals surface area contributed by atoms with E-state index in [9.17, 15) is 22.4 Å². The normalized spacial score (nSPS) is 23.8. The zero-order chi connectivity index (χ0) is 22.4. The summed E-state index contributed by atoms with van der Waals surface area (Å²) >= 11 is 5.60. The van der Waals surface area contributed by atoms with E-state index in [0.717, 1.165) is 12.3 Å². The van der Waals surface area contributed by atoms with Gasteiger partial charge in [0.15, 0.2) is 11.6 Å². The van der Waals surface area contributed by atoms with Crippen LogP contribution >= 0.6 is 11.6 Å². The third-order valence-corrected chi connectivity index (χ3v) is 6.50. The number of amides is 2. The van der Waals surface area contributed by atoms with Crippen LogP contribution in [0.5, 0.6) is 5.75 Å². The second-order valence-corrected chi connectivity index (χ2v) is 9.80. The number of pyridine rings is 1. The van der Waals surface area contributed by atoms with Gasteiger partial charge >= 0.3 is 0 Å². The average Bonchev–Trinajstić information content (AvgIpc) is 2.65. The van der Waals surface area contributed by atoms with E-state index in [1.54, 1.807) is 0 Å². The second kappa shape index (κ2) is 7.43. The lowest BCUT2D eigenvalue weighted by Gasteiger charge is -2.70. The number of aromatic nitrogens is 1. The van der Waals surface area contributed by atoms with Crippen LogP contribution in [0.4, 0.5) is 4.39 Å². The van der Waals surface area contributed by atoms with E-state index in [2.05, 4.69) is 15.6 Å². The minimum atomic E-state index is -3.93. The fourth-order valence-corrected chi connectivity index (χ4v) is 4.67. The summed E-state index contributed by atoms with van der Waals surface area (Å²) in [5.41, 5.74) is -0.600. The first kappa shape index (κ1) is 21.5. The van der Waals surface area contributed by atoms with Crippen LogP contribution in [-0.2, 0) is 14.8 Å². The van der Waals surface area contributed by atoms with Crippen LogP contribution in [0.3, 0.4) is 0 Å². The zero-order valence-corrected chi connectivity index (χ0v) is 17.6. The molecule has 12 heteroatoms. The average molecular weight is 469 g/mol. The number of primary sulfonamides is 1. The van der Waals surface area contributed by atoms with Crippen LogP contribution in [0.2, 0.25) is 5.02 Å². The number of carbonyl (C=O) groups is 2. The molecule has 5 rings (SSSR count). The Kier molecular flexibility index (Phi) is 5.15. The Morgan fingerprint density at radius 1 is 1.16 bits per heavy atom. The summed E-state index contributed by atoms with van der Waals surface area (Å²) < 4.78 is 41.1. The van der Waals surface area contributed by atoms with E-state index in [-0.39, 0.29) is 39.8 Å². The van der Waals surface area contributed by atoms with Gasteiger partial charge in [-0.15, -0.1) is 0 Å². The Morgan fingerprint density at radius 3 is 2.42 bits per heavy atom. The standard InChI is InChI=1S/C19H18ClFN4O5S/c20-13-3-2-12(5-14(13)21)30-7-15(26)24-18-8-19(9-18,10-18)25-17(27)11-1-4-16(23-6-11)31(22,28)29/h1-6H,7-10H2,(H,24,26)(H,25,27)(H2,22,28,29). The fourth-order valence-electron chi connectivity index (χ4n) is 4.10. The van der Waals surface area contributed by atoms with Crippen molar-refractivity contribution >= 4 is 33.4 Å². The molecule has 3 aliphatic rings. The molecule has 3 saturated carbocycles. The molecule has 0 aliphatic heterocycles. The Balaban J connectivity index is 1.25. The molecular weight excluding hydrogens is 451 g/mol. The molecule has 0 saturated heterocycles. The first-order valence-corrected chi connectivity index (χ1v) is 11.1. The third kappa shape index (κ3) is 4.34. The number of hydrogen-bond donors (Lipinski definition) is 3. The minimum Gasteiger partial charge on any atom is -0.484 e. The number of nitrogens with one attached hydrogen (secondary N) is 2. The Labute approximate surface area is 182 Å². The van der Waals surface area contributed by atoms with E-state index in [4.69, 9.17) is 21.5 Å². The molecule has 0 radical (unpaired) electrons. The number of halogens is 2. The summed E-state index contributed by atoms with van der Waals surface area (Å²) in [4.78, 5) is 28.2. The van der Waals surface area contributed by atoms with Gasteiger partial charge in [-0.25, -0.2) is 22.9 Å². The molecule has 1 heterocycles. The van der Waals surface area contributed by atoms with Gasteiger partial charge in [0, 0.05) is 23.3 Å². The van der Waals surface area contributed by atoms with E-state index in [0.29, 0.717) is 19.3 Å². The minimum absolute atomic E-state index is 0.0332. The number of hydrogen-bond acceptors (Lipinski definition) is 6. The highest BCUT2D eigenvalue weighted by atomic mass is 35.5. The molecule has 0 spiro atoms. The van der Waals surface area contributed by atoms with Gasteiger partial charge in [-0.05, 0) is 43.5 Å². The van der Waals surface area contributed by atoms with E-state index < -0.39 is 26.9 Å². The molecule has 1 aromatic carbocycles. The number of benzene rings is 1. The van der Waals surface area contributed by atoms with Gasteiger partial charge in [0.05, 0.1) is 10.6 Å². The summed E-state index contributed by atoms with van der Waals surface area (Å²) in [6, 6.07) is 6.42. The largest absolute Gasteiger partial charge is 0.484 e. The predicted molar refractivity (Wildman–Crippen MR) is 107 cm³/mol. The van der Waals surface area contributed by atoms with Crippen LogP contribution in [0.1, 0.15) is 29.6 Å². The summed E-state index contributed by atoms with van der Waals surface area (Å²) in [5, 5.41) is 10.4. The zero-order valence-electron chi connectivity index (χ0n) is 16.0. The maximum atomic E-state index is 13.4. The molecule has 1 aromatic heterocycles. The van der Waals surface area contributed by atoms with Crippen LogP contribution in [0, 0.1) is 5.82 Å². The van der Waals surface area contributed by atoms with Crippen LogP contribution in [0.15, 0.2) is 41.6 Å². The lowest BCUT2D eigenvalue weighted by molar-refractivity contribution is -0.141. The maximum Gasteiger partial charge on any atom is 0.258 e. The van der Waals surface area contributed by atoms with Gasteiger partial charge < -0.3 is 15.4 Å². The Morgan fingerprint density at radius 2 is 1.84 bits per heavy atom. The quantitative estimate of drug-likeness (QED) is 0.556. The van der Waals surface area contributed by atoms with Crippen molar-refractivity contribution in [2.75, 3.05) is 6.61 Å². The number of ether oxygens (including phenoxy) is 1. The van der Waals surface area contributed by atoms with Gasteiger partial charge in [0.1, 0.15) is 11.6 Å². The topological polar surface area (TPSA) is 140 Å². The molecule has 4 N–H and O–H groups in total. The molecule has 31 heavy (non-hydrogen) atoms. The van der Waals surface area contributed by atoms with Crippen molar-refractivity contribution < 1.29 is 27.1 Å². The highest BCUT2D eigenvalue weighted by molar-refractivity contribution is 7.89. The van der Waals surface area contributed by atoms with Crippen LogP contribution in [-0.4, -0.2) is 42.9 Å². The Hall–Kier alpha value is -2.76. The van der Waals surface area contributed by atoms with E-state index >= 15 is 0 Å². The molecule has 2 aromatic rings. The van der Waals surface area contributed by atoms with E-state index in [1.807, 2.05) is 0 Å². The summed E-state index contributed by atoms with van der Waals surface area (Å²) in [7, 11) is -3.93. The molecular formula is C19H18ClFN4O5S. The first-order valence-electron chi connectivity index (χ1n) is 9.20. The van der Waals surface area contributed by atoms with Crippen molar-refractivity contribution in [2.24, 2.45) is 5.14 Å². The lowest BCUT2D eigenvalue weighted by Crippen LogP contribution is -2.84. The third-order valence-electron chi connectivity index (χ3n) is 5.36. The molecule has 0 atom stereocenters. The van der Waals surface area contributed by atoms with Gasteiger partial charge in [-0.1, -0.05) is 11.6 Å². The number of sulfonamides is 1. The van der Waals surface area contributed by atoms with Crippen molar-refractivity contribution in [3.8, 4) is 5.75 Å². The lowest BCUT2D eigenvalue weighted by atomic mass is 9.44. The first-order chi connectivity index (χ1) is 14.5. The number of carbonyl (C=O) groups excluding carboxylic acids is 2. The molecule has 2 bridgehead atoms. The van der Waals surface area contributed by atoms with Crippen LogP contribution in [0.25, 0.3) is 0 Å². The number of rotatable bonds is 7. The summed E-state index contributed by atoms with van der Waals surface area (Å²) in [6.07, 6.45) is 2.84. The van der Waals surface area contributed by atoms with Gasteiger partial charge in [-0.3, -0.25) is 9.59 Å². The van der Waals surface area contributed by atoms with Crippen molar-refractivity contribution in [3.63, 3.8) is 0 Å². The van der Waals surface area contributed by atoms with Crippen LogP contribution < -0.4 is 20.5 Å². The number of nitrogens with zero attached hydrogens (tertiary/aromatic N) is 1. The smallest absolute Gasteiger partial charge is 0.258 e. The predicted octanol–water partition coefficient (Wildman–Crippen LogP) is 1.12. The molecule has 2 amide bonds. The van der Waals surface area contributed by atoms with Gasteiger partial charge in [0.25, 0.3) is 21.8 Å². The van der Waals surface area contributed by atoms with Crippen molar-refractivity contribution in [1.82, 2.24) is 15.6 Å². The van der Waals surface area contributed by atoms with Gasteiger partial charge in [-0.2, -0.15) is 0 Å². The monoisotopic (exact) mass is 468 g/mol. The highest BCUT2D eigenvalue weighted by Crippen LogP contribution is 2.60. The van der Waals surface area contributed by atoms with Crippen molar-refractivity contribution in [3.05, 3.63) is 52.9 Å². The second-order valence-electron chi connectivity index (χ2n) is 7.89. The highest BCUT2D eigenvalue weighted by Gasteiger charge is 2.69. The maximum absolute atomic E-state index is 13.4. The summed E-state index contributed by atoms with van der Waals surface area (Å²) in [5.74, 6) is -1.18. The SMILES string of the molecule is NS(=O)(=O)c1ccc(C(=O)NC23CC(NC(=O)COc4ccc(Cl)c(F)c4)(C2)C3)cn1. The molecule has 9 nitrogen and oxygen atoms in total. The fraction of sp³-hybridized carbons (Fsp3) is 0.316. The molecule has 3 fully saturated rings. The summed E-state index contributed by atoms with van der Waals surface area (Å²) in [6.45, 7) is -0.274.